The average Bonchev–Trinajstić information content (AvgIpc) is 3.80. The molecule has 262 valence electrons. The maximum Gasteiger partial charge on any atom is 0.0541 e. The molecule has 2 heteroatoms. The summed E-state index contributed by atoms with van der Waals surface area (Å²) in [5.74, 6) is 0. The van der Waals surface area contributed by atoms with E-state index in [0.29, 0.717) is 0 Å². The molecule has 0 atom stereocenters. The number of hydrogen-bond acceptors (Lipinski definition) is 0. The van der Waals surface area contributed by atoms with Crippen molar-refractivity contribution in [2.75, 3.05) is 0 Å². The Morgan fingerprint density at radius 3 is 0.946 bits per heavy atom. The van der Waals surface area contributed by atoms with Gasteiger partial charge in [-0.1, -0.05) is 152 Å². The van der Waals surface area contributed by atoms with Gasteiger partial charge in [-0.3, -0.25) is 0 Å². The molecule has 0 radical (unpaired) electrons. The summed E-state index contributed by atoms with van der Waals surface area (Å²) >= 11 is 0. The SMILES string of the molecule is c1ccc(-c2ccccc2-c2cc(-c3ccc(-n4c5ccccc5c5ccccc54)cc3)cc(-c3ccc(-n4c5ccccc5c5ccccc54)cc3)c2)cc1. The van der Waals surface area contributed by atoms with Crippen molar-refractivity contribution in [3.05, 3.63) is 218 Å². The zero-order chi connectivity index (χ0) is 37.0. The lowest BCUT2D eigenvalue weighted by molar-refractivity contribution is 1.18. The van der Waals surface area contributed by atoms with Crippen LogP contribution in [0.3, 0.4) is 0 Å². The number of aromatic nitrogens is 2. The van der Waals surface area contributed by atoms with Crippen molar-refractivity contribution < 1.29 is 0 Å². The first-order valence-electron chi connectivity index (χ1n) is 19.3. The van der Waals surface area contributed by atoms with Crippen LogP contribution < -0.4 is 0 Å². The van der Waals surface area contributed by atoms with Crippen LogP contribution in [-0.4, -0.2) is 9.13 Å². The van der Waals surface area contributed by atoms with Crippen molar-refractivity contribution in [1.82, 2.24) is 9.13 Å². The van der Waals surface area contributed by atoms with Gasteiger partial charge in [0.2, 0.25) is 0 Å². The second-order valence-corrected chi connectivity index (χ2v) is 14.5. The molecule has 2 heterocycles. The summed E-state index contributed by atoms with van der Waals surface area (Å²) < 4.78 is 4.76. The van der Waals surface area contributed by atoms with Crippen molar-refractivity contribution >= 4 is 43.6 Å². The Kier molecular flexibility index (Phi) is 7.53. The molecule has 0 spiro atoms. The minimum atomic E-state index is 1.15. The smallest absolute Gasteiger partial charge is 0.0541 e. The predicted octanol–water partition coefficient (Wildman–Crippen LogP) is 14.5. The van der Waals surface area contributed by atoms with E-state index in [1.165, 1.54) is 88.1 Å². The molecule has 0 saturated carbocycles. The minimum Gasteiger partial charge on any atom is -0.309 e. The fourth-order valence-corrected chi connectivity index (χ4v) is 8.73. The highest BCUT2D eigenvalue weighted by atomic mass is 15.0. The Morgan fingerprint density at radius 2 is 0.536 bits per heavy atom. The summed E-state index contributed by atoms with van der Waals surface area (Å²) in [7, 11) is 0. The molecular weight excluding hydrogens is 677 g/mol. The van der Waals surface area contributed by atoms with Gasteiger partial charge in [-0.15, -0.1) is 0 Å². The molecule has 0 aliphatic rings. The topological polar surface area (TPSA) is 9.86 Å². The summed E-state index contributed by atoms with van der Waals surface area (Å²) in [5.41, 5.74) is 16.7. The molecule has 11 rings (SSSR count). The maximum atomic E-state index is 2.38. The van der Waals surface area contributed by atoms with E-state index in [1.807, 2.05) is 0 Å². The molecule has 11 aromatic rings. The fraction of sp³-hybridized carbons (Fsp3) is 0. The Labute approximate surface area is 325 Å². The van der Waals surface area contributed by atoms with Crippen LogP contribution in [0.4, 0.5) is 0 Å². The Bertz CT molecular complexity index is 2940. The summed E-state index contributed by atoms with van der Waals surface area (Å²) in [6.07, 6.45) is 0. The highest BCUT2D eigenvalue weighted by Crippen LogP contribution is 2.39. The number of rotatable bonds is 6. The van der Waals surface area contributed by atoms with Gasteiger partial charge in [0.15, 0.2) is 0 Å². The minimum absolute atomic E-state index is 1.15. The van der Waals surface area contributed by atoms with Gasteiger partial charge in [-0.25, -0.2) is 0 Å². The number of benzene rings is 9. The van der Waals surface area contributed by atoms with Gasteiger partial charge in [0, 0.05) is 32.9 Å². The standard InChI is InChI=1S/C54H36N2/c1-2-14-39(15-3-1)45-16-4-5-17-46(45)42-35-40(37-26-30-43(31-27-37)55-51-22-10-6-18-47(51)48-19-7-11-23-52(48)55)34-41(36-42)38-28-32-44(33-29-38)56-53-24-12-8-20-49(53)50-21-9-13-25-54(50)56/h1-36H. The lowest BCUT2D eigenvalue weighted by atomic mass is 9.89. The molecule has 2 aromatic heterocycles. The quantitative estimate of drug-likeness (QED) is 0.162. The van der Waals surface area contributed by atoms with Crippen LogP contribution in [-0.2, 0) is 0 Å². The van der Waals surface area contributed by atoms with E-state index < -0.39 is 0 Å². The molecule has 56 heavy (non-hydrogen) atoms. The lowest BCUT2D eigenvalue weighted by Crippen LogP contribution is -1.94. The van der Waals surface area contributed by atoms with Gasteiger partial charge in [-0.2, -0.15) is 0 Å². The number of para-hydroxylation sites is 4. The largest absolute Gasteiger partial charge is 0.309 e. The van der Waals surface area contributed by atoms with Gasteiger partial charge in [0.25, 0.3) is 0 Å². The molecule has 2 nitrogen and oxygen atoms in total. The highest BCUT2D eigenvalue weighted by Gasteiger charge is 2.15. The highest BCUT2D eigenvalue weighted by molar-refractivity contribution is 6.10. The van der Waals surface area contributed by atoms with Crippen molar-refractivity contribution in [2.24, 2.45) is 0 Å². The molecule has 0 N–H and O–H groups in total. The third kappa shape index (κ3) is 5.26. The van der Waals surface area contributed by atoms with Gasteiger partial charge in [-0.05, 0) is 111 Å². The van der Waals surface area contributed by atoms with Crippen LogP contribution in [0.2, 0.25) is 0 Å². The monoisotopic (exact) mass is 712 g/mol. The predicted molar refractivity (Wildman–Crippen MR) is 237 cm³/mol. The van der Waals surface area contributed by atoms with Crippen LogP contribution in [0.1, 0.15) is 0 Å². The lowest BCUT2D eigenvalue weighted by Gasteiger charge is -2.16. The van der Waals surface area contributed by atoms with E-state index in [0.717, 1.165) is 11.4 Å². The fourth-order valence-electron chi connectivity index (χ4n) is 8.73. The summed E-state index contributed by atoms with van der Waals surface area (Å²) in [6.45, 7) is 0. The summed E-state index contributed by atoms with van der Waals surface area (Å²) in [5, 5.41) is 5.08. The molecule has 0 aliphatic carbocycles. The van der Waals surface area contributed by atoms with Crippen LogP contribution in [0.15, 0.2) is 218 Å². The first kappa shape index (κ1) is 32.0. The molecule has 0 fully saturated rings. The molecular formula is C54H36N2. The van der Waals surface area contributed by atoms with Crippen molar-refractivity contribution in [2.45, 2.75) is 0 Å². The second kappa shape index (κ2) is 13.2. The first-order valence-corrected chi connectivity index (χ1v) is 19.3. The van der Waals surface area contributed by atoms with Gasteiger partial charge >= 0.3 is 0 Å². The van der Waals surface area contributed by atoms with Gasteiger partial charge in [0.05, 0.1) is 22.1 Å². The van der Waals surface area contributed by atoms with E-state index in [1.54, 1.807) is 0 Å². The first-order chi connectivity index (χ1) is 27.8. The van der Waals surface area contributed by atoms with Crippen LogP contribution in [0.5, 0.6) is 0 Å². The van der Waals surface area contributed by atoms with Gasteiger partial charge < -0.3 is 9.13 Å². The van der Waals surface area contributed by atoms with Gasteiger partial charge in [0.1, 0.15) is 0 Å². The van der Waals surface area contributed by atoms with Crippen LogP contribution in [0.25, 0.3) is 99.5 Å². The van der Waals surface area contributed by atoms with E-state index in [4.69, 9.17) is 0 Å². The zero-order valence-electron chi connectivity index (χ0n) is 30.7. The average molecular weight is 713 g/mol. The van der Waals surface area contributed by atoms with E-state index >= 15 is 0 Å². The van der Waals surface area contributed by atoms with Crippen LogP contribution >= 0.6 is 0 Å². The Hall–Kier alpha value is -7.42. The number of nitrogens with zero attached hydrogens (tertiary/aromatic N) is 2. The Morgan fingerprint density at radius 1 is 0.214 bits per heavy atom. The molecule has 0 unspecified atom stereocenters. The van der Waals surface area contributed by atoms with Crippen LogP contribution in [0, 0.1) is 0 Å². The third-order valence-electron chi connectivity index (χ3n) is 11.3. The summed E-state index contributed by atoms with van der Waals surface area (Å²) in [4.78, 5) is 0. The van der Waals surface area contributed by atoms with Crippen molar-refractivity contribution in [1.29, 1.82) is 0 Å². The second-order valence-electron chi connectivity index (χ2n) is 14.5. The number of hydrogen-bond donors (Lipinski definition) is 0. The van der Waals surface area contributed by atoms with Crippen molar-refractivity contribution in [3.63, 3.8) is 0 Å². The third-order valence-corrected chi connectivity index (χ3v) is 11.3. The van der Waals surface area contributed by atoms with E-state index in [2.05, 4.69) is 228 Å². The number of fused-ring (bicyclic) bond motifs is 6. The normalized spacial score (nSPS) is 11.6. The van der Waals surface area contributed by atoms with Crippen molar-refractivity contribution in [3.8, 4) is 55.9 Å². The molecule has 9 aromatic carbocycles. The molecule has 0 saturated heterocycles. The van der Waals surface area contributed by atoms with E-state index in [9.17, 15) is 0 Å². The molecule has 0 amide bonds. The maximum absolute atomic E-state index is 2.38. The van der Waals surface area contributed by atoms with E-state index in [-0.39, 0.29) is 0 Å². The molecule has 0 bridgehead atoms. The zero-order valence-corrected chi connectivity index (χ0v) is 30.7. The summed E-state index contributed by atoms with van der Waals surface area (Å²) in [6, 6.07) is 79.4. The molecule has 0 aliphatic heterocycles. The Balaban J connectivity index is 1.05.